The Morgan fingerprint density at radius 1 is 1.03 bits per heavy atom. The van der Waals surface area contributed by atoms with Gasteiger partial charge in [-0.05, 0) is 41.3 Å². The highest BCUT2D eigenvalue weighted by Gasteiger charge is 2.39. The van der Waals surface area contributed by atoms with Gasteiger partial charge in [-0.15, -0.1) is 0 Å². The second kappa shape index (κ2) is 9.49. The summed E-state index contributed by atoms with van der Waals surface area (Å²) in [5.74, 6) is -1.05. The molecule has 0 bridgehead atoms. The summed E-state index contributed by atoms with van der Waals surface area (Å²) in [7, 11) is 1.94. The molecule has 0 fully saturated rings. The molecular weight excluding hydrogens is 426 g/mol. The molecule has 3 aromatic rings. The average Bonchev–Trinajstić information content (AvgIpc) is 3.13. The fourth-order valence-electron chi connectivity index (χ4n) is 3.85. The Bertz CT molecular complexity index is 1100. The summed E-state index contributed by atoms with van der Waals surface area (Å²) in [6.45, 7) is 5.72. The first-order chi connectivity index (χ1) is 15.1. The number of amides is 2. The van der Waals surface area contributed by atoms with Crippen LogP contribution >= 0.6 is 11.6 Å². The maximum atomic E-state index is 13.5. The van der Waals surface area contributed by atoms with Gasteiger partial charge in [-0.3, -0.25) is 4.79 Å². The molecule has 7 heteroatoms. The number of aromatic nitrogens is 1. The van der Waals surface area contributed by atoms with Crippen LogP contribution in [0.25, 0.3) is 11.3 Å². The molecule has 168 valence electrons. The first-order valence-electron chi connectivity index (χ1n) is 10.3. The molecule has 0 saturated carbocycles. The molecule has 2 unspecified atom stereocenters. The molecule has 0 aliphatic carbocycles. The topological polar surface area (TPSA) is 83.4 Å². The van der Waals surface area contributed by atoms with E-state index < -0.39 is 23.5 Å². The first kappa shape index (κ1) is 23.4. The summed E-state index contributed by atoms with van der Waals surface area (Å²) in [5.41, 5.74) is 2.59. The third-order valence-corrected chi connectivity index (χ3v) is 5.76. The second-order valence-electron chi connectivity index (χ2n) is 8.87. The van der Waals surface area contributed by atoms with Crippen molar-refractivity contribution in [3.8, 4) is 11.3 Å². The van der Waals surface area contributed by atoms with E-state index in [0.29, 0.717) is 10.7 Å². The van der Waals surface area contributed by atoms with Crippen molar-refractivity contribution in [2.45, 2.75) is 32.7 Å². The van der Waals surface area contributed by atoms with Crippen molar-refractivity contribution in [2.24, 2.45) is 12.5 Å². The lowest BCUT2D eigenvalue weighted by Gasteiger charge is -2.36. The minimum atomic E-state index is -1.17. The SMILES string of the molecule is Cn1cccc1-c1ccc(NC(=O)C(c2ccccc2)C(NC(=O)O)C(C)(C)C)cc1Cl. The molecule has 2 atom stereocenters. The summed E-state index contributed by atoms with van der Waals surface area (Å²) >= 11 is 6.52. The van der Waals surface area contributed by atoms with E-state index in [9.17, 15) is 14.7 Å². The van der Waals surface area contributed by atoms with Crippen LogP contribution in [-0.4, -0.2) is 27.7 Å². The first-order valence-corrected chi connectivity index (χ1v) is 10.7. The van der Waals surface area contributed by atoms with Gasteiger partial charge in [0.25, 0.3) is 0 Å². The van der Waals surface area contributed by atoms with Crippen molar-refractivity contribution in [3.63, 3.8) is 0 Å². The van der Waals surface area contributed by atoms with Crippen molar-refractivity contribution >= 4 is 29.3 Å². The van der Waals surface area contributed by atoms with Gasteiger partial charge in [-0.1, -0.05) is 62.7 Å². The van der Waals surface area contributed by atoms with Gasteiger partial charge in [-0.2, -0.15) is 0 Å². The highest BCUT2D eigenvalue weighted by Crippen LogP contribution is 2.34. The molecule has 0 spiro atoms. The van der Waals surface area contributed by atoms with Crippen LogP contribution in [0.2, 0.25) is 5.02 Å². The Kier molecular flexibility index (Phi) is 6.94. The number of hydrogen-bond donors (Lipinski definition) is 3. The molecule has 0 saturated heterocycles. The molecule has 3 N–H and O–H groups in total. The number of carbonyl (C=O) groups excluding carboxylic acids is 1. The van der Waals surface area contributed by atoms with Crippen molar-refractivity contribution in [1.29, 1.82) is 0 Å². The molecule has 6 nitrogen and oxygen atoms in total. The zero-order chi connectivity index (χ0) is 23.5. The van der Waals surface area contributed by atoms with Gasteiger partial charge in [0.1, 0.15) is 0 Å². The van der Waals surface area contributed by atoms with E-state index in [1.54, 1.807) is 12.1 Å². The molecule has 1 heterocycles. The number of halogens is 1. The molecule has 32 heavy (non-hydrogen) atoms. The fourth-order valence-corrected chi connectivity index (χ4v) is 4.13. The highest BCUT2D eigenvalue weighted by atomic mass is 35.5. The molecular formula is C25H28ClN3O3. The number of benzene rings is 2. The van der Waals surface area contributed by atoms with Crippen LogP contribution in [0.1, 0.15) is 32.3 Å². The van der Waals surface area contributed by atoms with Crippen molar-refractivity contribution < 1.29 is 14.7 Å². The standard InChI is InChI=1S/C25H28ClN3O3/c1-25(2,3)22(28-24(31)32)21(16-9-6-5-7-10-16)23(30)27-17-12-13-18(19(26)15-17)20-11-8-14-29(20)4/h5-15,21-22,28H,1-4H3,(H,27,30)(H,31,32). The third-order valence-electron chi connectivity index (χ3n) is 5.44. The largest absolute Gasteiger partial charge is 0.465 e. The zero-order valence-corrected chi connectivity index (χ0v) is 19.4. The van der Waals surface area contributed by atoms with E-state index in [1.165, 1.54) is 0 Å². The Morgan fingerprint density at radius 2 is 1.72 bits per heavy atom. The molecule has 2 amide bonds. The van der Waals surface area contributed by atoms with E-state index >= 15 is 0 Å². The Balaban J connectivity index is 1.94. The summed E-state index contributed by atoms with van der Waals surface area (Å²) < 4.78 is 1.97. The lowest BCUT2D eigenvalue weighted by Crippen LogP contribution is -2.50. The van der Waals surface area contributed by atoms with Gasteiger partial charge >= 0.3 is 6.09 Å². The lowest BCUT2D eigenvalue weighted by atomic mass is 9.75. The van der Waals surface area contributed by atoms with Crippen LogP contribution in [0.3, 0.4) is 0 Å². The number of anilines is 1. The monoisotopic (exact) mass is 453 g/mol. The van der Waals surface area contributed by atoms with E-state index in [0.717, 1.165) is 16.8 Å². The highest BCUT2D eigenvalue weighted by molar-refractivity contribution is 6.33. The minimum Gasteiger partial charge on any atom is -0.465 e. The van der Waals surface area contributed by atoms with E-state index in [-0.39, 0.29) is 5.91 Å². The number of nitrogens with one attached hydrogen (secondary N) is 2. The van der Waals surface area contributed by atoms with Crippen molar-refractivity contribution in [3.05, 3.63) is 77.4 Å². The quantitative estimate of drug-likeness (QED) is 0.444. The number of aryl methyl sites for hydroxylation is 1. The summed E-state index contributed by atoms with van der Waals surface area (Å²) in [6, 6.07) is 17.8. The normalized spacial score (nSPS) is 13.3. The van der Waals surface area contributed by atoms with Crippen LogP contribution < -0.4 is 10.6 Å². The van der Waals surface area contributed by atoms with Gasteiger partial charge in [-0.25, -0.2) is 4.79 Å². The lowest BCUT2D eigenvalue weighted by molar-refractivity contribution is -0.118. The van der Waals surface area contributed by atoms with Crippen LogP contribution in [0, 0.1) is 5.41 Å². The predicted octanol–water partition coefficient (Wildman–Crippen LogP) is 5.75. The smallest absolute Gasteiger partial charge is 0.404 e. The molecule has 1 aromatic heterocycles. The summed E-state index contributed by atoms with van der Waals surface area (Å²) in [5, 5.41) is 15.4. The second-order valence-corrected chi connectivity index (χ2v) is 9.28. The van der Waals surface area contributed by atoms with Crippen molar-refractivity contribution in [2.75, 3.05) is 5.32 Å². The maximum Gasteiger partial charge on any atom is 0.404 e. The van der Waals surface area contributed by atoms with Gasteiger partial charge in [0, 0.05) is 30.2 Å². The van der Waals surface area contributed by atoms with Crippen LogP contribution in [0.5, 0.6) is 0 Å². The van der Waals surface area contributed by atoms with Gasteiger partial charge in [0.15, 0.2) is 0 Å². The minimum absolute atomic E-state index is 0.312. The van der Waals surface area contributed by atoms with Crippen LogP contribution in [0.15, 0.2) is 66.9 Å². The molecule has 0 aliphatic heterocycles. The van der Waals surface area contributed by atoms with Gasteiger partial charge < -0.3 is 20.3 Å². The fraction of sp³-hybridized carbons (Fsp3) is 0.280. The third kappa shape index (κ3) is 5.32. The molecule has 2 aromatic carbocycles. The van der Waals surface area contributed by atoms with Crippen LogP contribution in [-0.2, 0) is 11.8 Å². The Morgan fingerprint density at radius 3 is 2.25 bits per heavy atom. The maximum absolute atomic E-state index is 13.5. The zero-order valence-electron chi connectivity index (χ0n) is 18.6. The number of carbonyl (C=O) groups is 2. The van der Waals surface area contributed by atoms with Gasteiger partial charge in [0.05, 0.1) is 17.0 Å². The predicted molar refractivity (Wildman–Crippen MR) is 128 cm³/mol. The van der Waals surface area contributed by atoms with Crippen molar-refractivity contribution in [1.82, 2.24) is 9.88 Å². The Labute approximate surface area is 193 Å². The van der Waals surface area contributed by atoms with Crippen LogP contribution in [0.4, 0.5) is 10.5 Å². The Hall–Kier alpha value is -3.25. The van der Waals surface area contributed by atoms with E-state index in [1.807, 2.05) is 87.1 Å². The van der Waals surface area contributed by atoms with E-state index in [2.05, 4.69) is 10.6 Å². The summed E-state index contributed by atoms with van der Waals surface area (Å²) in [6.07, 6.45) is 0.766. The number of nitrogens with zero attached hydrogens (tertiary/aromatic N) is 1. The average molecular weight is 454 g/mol. The number of hydrogen-bond acceptors (Lipinski definition) is 2. The van der Waals surface area contributed by atoms with Gasteiger partial charge in [0.2, 0.25) is 5.91 Å². The van der Waals surface area contributed by atoms with E-state index in [4.69, 9.17) is 11.6 Å². The summed E-state index contributed by atoms with van der Waals surface area (Å²) in [4.78, 5) is 25.0. The number of rotatable bonds is 6. The molecule has 3 rings (SSSR count). The molecule has 0 radical (unpaired) electrons. The number of carboxylic acid groups (broad SMARTS) is 1. The molecule has 0 aliphatic rings.